The highest BCUT2D eigenvalue weighted by molar-refractivity contribution is 7.90. The summed E-state index contributed by atoms with van der Waals surface area (Å²) in [6.45, 7) is 5.25. The lowest BCUT2D eigenvalue weighted by atomic mass is 10.2. The van der Waals surface area contributed by atoms with Crippen LogP contribution in [-0.4, -0.2) is 43.7 Å². The van der Waals surface area contributed by atoms with Crippen LogP contribution in [0.25, 0.3) is 0 Å². The molecule has 1 aromatic heterocycles. The molecule has 11 heteroatoms. The summed E-state index contributed by atoms with van der Waals surface area (Å²) in [5, 5.41) is 2.25. The number of carbonyl (C=O) groups excluding carboxylic acids is 2. The summed E-state index contributed by atoms with van der Waals surface area (Å²) in [6, 6.07) is 5.49. The maximum Gasteiger partial charge on any atom is 0.331 e. The first kappa shape index (κ1) is 20.9. The molecule has 2 heterocycles. The van der Waals surface area contributed by atoms with Gasteiger partial charge in [-0.2, -0.15) is 0 Å². The molecule has 1 atom stereocenters. The van der Waals surface area contributed by atoms with Gasteiger partial charge in [0.1, 0.15) is 18.5 Å². The molecule has 0 bridgehead atoms. The molecule has 0 saturated heterocycles. The summed E-state index contributed by atoms with van der Waals surface area (Å²) < 4.78 is 31.8. The Morgan fingerprint density at radius 2 is 2.07 bits per heavy atom. The molecule has 3 rings (SSSR count). The molecule has 2 aromatic rings. The van der Waals surface area contributed by atoms with Gasteiger partial charge in [-0.25, -0.2) is 18.2 Å². The fourth-order valence-corrected chi connectivity index (χ4v) is 4.88. The van der Waals surface area contributed by atoms with E-state index in [1.807, 2.05) is 6.92 Å². The second kappa shape index (κ2) is 8.29. The molecular weight excluding hydrogens is 416 g/mol. The Bertz CT molecular complexity index is 1080. The quantitative estimate of drug-likeness (QED) is 0.689. The average Bonchev–Trinajstić information content (AvgIpc) is 3.23. The van der Waals surface area contributed by atoms with E-state index in [1.165, 1.54) is 36.2 Å². The Balaban J connectivity index is 1.66. The van der Waals surface area contributed by atoms with Crippen LogP contribution < -0.4 is 9.62 Å². The van der Waals surface area contributed by atoms with E-state index in [4.69, 9.17) is 4.74 Å². The smallest absolute Gasteiger partial charge is 0.331 e. The van der Waals surface area contributed by atoms with Gasteiger partial charge in [0.05, 0.1) is 10.6 Å². The van der Waals surface area contributed by atoms with Crippen molar-refractivity contribution < 1.29 is 22.7 Å². The summed E-state index contributed by atoms with van der Waals surface area (Å²) in [5.74, 6) is -0.621. The predicted octanol–water partition coefficient (Wildman–Crippen LogP) is 1.69. The van der Waals surface area contributed by atoms with Gasteiger partial charge < -0.3 is 4.74 Å². The van der Waals surface area contributed by atoms with Crippen LogP contribution in [0, 0.1) is 0 Å². The Morgan fingerprint density at radius 3 is 2.76 bits per heavy atom. The van der Waals surface area contributed by atoms with E-state index in [1.54, 1.807) is 23.6 Å². The van der Waals surface area contributed by atoms with Gasteiger partial charge in [-0.15, -0.1) is 11.3 Å². The predicted molar refractivity (Wildman–Crippen MR) is 108 cm³/mol. The molecule has 1 amide bonds. The number of nitrogens with zero attached hydrogens (tertiary/aromatic N) is 3. The highest BCUT2D eigenvalue weighted by Gasteiger charge is 2.31. The Hall–Kier alpha value is -2.79. The highest BCUT2D eigenvalue weighted by Crippen LogP contribution is 2.23. The second-order valence-corrected chi connectivity index (χ2v) is 8.74. The zero-order valence-electron chi connectivity index (χ0n) is 16.1. The number of anilines is 1. The lowest BCUT2D eigenvalue weighted by molar-refractivity contribution is -0.146. The van der Waals surface area contributed by atoms with Crippen LogP contribution in [0.3, 0.4) is 0 Å². The Kier molecular flexibility index (Phi) is 5.99. The molecular formula is C18H20N4O5S2. The molecule has 1 aliphatic rings. The number of esters is 1. The molecule has 1 aromatic carbocycles. The third-order valence-corrected chi connectivity index (χ3v) is 6.47. The van der Waals surface area contributed by atoms with E-state index in [9.17, 15) is 18.0 Å². The highest BCUT2D eigenvalue weighted by atomic mass is 32.2. The van der Waals surface area contributed by atoms with Crippen molar-refractivity contribution in [2.75, 3.05) is 11.4 Å². The van der Waals surface area contributed by atoms with Crippen molar-refractivity contribution in [3.8, 4) is 0 Å². The number of amidine groups is 1. The van der Waals surface area contributed by atoms with Crippen LogP contribution in [-0.2, 0) is 31.0 Å². The van der Waals surface area contributed by atoms with Crippen LogP contribution in [0.15, 0.2) is 39.5 Å². The summed E-state index contributed by atoms with van der Waals surface area (Å²) in [5.41, 5.74) is 0.935. The molecule has 0 saturated carbocycles. The number of benzene rings is 1. The van der Waals surface area contributed by atoms with Crippen molar-refractivity contribution in [3.63, 3.8) is 0 Å². The first-order chi connectivity index (χ1) is 13.7. The Labute approximate surface area is 172 Å². The van der Waals surface area contributed by atoms with E-state index < -0.39 is 22.0 Å². The lowest BCUT2D eigenvalue weighted by Crippen LogP contribution is -2.27. The third kappa shape index (κ3) is 4.46. The number of sulfonamides is 1. The normalized spacial score (nSPS) is 16.7. The standard InChI is InChI=1S/C18H20N4O5S2/c1-4-22(12(3)23)18-20-13(10-28-18)9-27-17(24)11(2)19-16-14-7-5-6-8-15(14)29(25,26)21-16/h5-8,10-11H,4,9H2,1-3H3,(H,19,21)/t11-/m0/s1. The number of carbonyl (C=O) groups is 2. The summed E-state index contributed by atoms with van der Waals surface area (Å²) >= 11 is 1.29. The molecule has 29 heavy (non-hydrogen) atoms. The van der Waals surface area contributed by atoms with Gasteiger partial charge in [0.25, 0.3) is 10.0 Å². The zero-order chi connectivity index (χ0) is 21.2. The van der Waals surface area contributed by atoms with Gasteiger partial charge >= 0.3 is 5.97 Å². The number of hydrogen-bond acceptors (Lipinski definition) is 8. The van der Waals surface area contributed by atoms with Crippen LogP contribution >= 0.6 is 11.3 Å². The van der Waals surface area contributed by atoms with Gasteiger partial charge in [-0.1, -0.05) is 12.1 Å². The van der Waals surface area contributed by atoms with Crippen molar-refractivity contribution in [1.29, 1.82) is 0 Å². The van der Waals surface area contributed by atoms with Crippen LogP contribution in [0.2, 0.25) is 0 Å². The fourth-order valence-electron chi connectivity index (χ4n) is 2.72. The monoisotopic (exact) mass is 436 g/mol. The number of fused-ring (bicyclic) bond motifs is 1. The zero-order valence-corrected chi connectivity index (χ0v) is 17.7. The summed E-state index contributed by atoms with van der Waals surface area (Å²) in [7, 11) is -3.67. The fraction of sp³-hybridized carbons (Fsp3) is 0.333. The minimum atomic E-state index is -3.67. The van der Waals surface area contributed by atoms with Gasteiger partial charge in [0.15, 0.2) is 5.13 Å². The maximum absolute atomic E-state index is 12.3. The van der Waals surface area contributed by atoms with Crippen molar-refractivity contribution >= 4 is 44.2 Å². The molecule has 0 unspecified atom stereocenters. The van der Waals surface area contributed by atoms with E-state index in [2.05, 4.69) is 14.7 Å². The van der Waals surface area contributed by atoms with Crippen LogP contribution in [0.4, 0.5) is 5.13 Å². The topological polar surface area (TPSA) is 118 Å². The number of thiazole rings is 1. The number of amides is 1. The summed E-state index contributed by atoms with van der Waals surface area (Å²) in [4.78, 5) is 34.0. The lowest BCUT2D eigenvalue weighted by Gasteiger charge is -2.14. The number of rotatable bonds is 6. The summed E-state index contributed by atoms with van der Waals surface area (Å²) in [6.07, 6.45) is 0. The van der Waals surface area contributed by atoms with Crippen molar-refractivity contribution in [3.05, 3.63) is 40.9 Å². The molecule has 0 aliphatic carbocycles. The van der Waals surface area contributed by atoms with E-state index in [0.717, 1.165) is 0 Å². The Morgan fingerprint density at radius 1 is 1.34 bits per heavy atom. The molecule has 0 spiro atoms. The van der Waals surface area contributed by atoms with Crippen LogP contribution in [0.5, 0.6) is 0 Å². The van der Waals surface area contributed by atoms with E-state index >= 15 is 0 Å². The minimum Gasteiger partial charge on any atom is -0.458 e. The SMILES string of the molecule is CCN(C(C)=O)c1nc(COC(=O)[C@H](C)N=C2NS(=O)(=O)c3ccccc32)cs1. The van der Waals surface area contributed by atoms with Gasteiger partial charge in [0, 0.05) is 24.4 Å². The molecule has 9 nitrogen and oxygen atoms in total. The van der Waals surface area contributed by atoms with E-state index in [-0.39, 0.29) is 23.2 Å². The van der Waals surface area contributed by atoms with Crippen LogP contribution in [0.1, 0.15) is 32.0 Å². The van der Waals surface area contributed by atoms with Gasteiger partial charge in [-0.05, 0) is 26.0 Å². The van der Waals surface area contributed by atoms with E-state index in [0.29, 0.717) is 22.9 Å². The number of aliphatic imine (C=N–C) groups is 1. The number of ether oxygens (including phenoxy) is 1. The number of hydrogen-bond donors (Lipinski definition) is 1. The first-order valence-electron chi connectivity index (χ1n) is 8.82. The van der Waals surface area contributed by atoms with Crippen molar-refractivity contribution in [2.45, 2.75) is 38.3 Å². The number of aromatic nitrogens is 1. The molecule has 0 fully saturated rings. The molecule has 0 radical (unpaired) electrons. The molecule has 154 valence electrons. The van der Waals surface area contributed by atoms with Gasteiger partial charge in [-0.3, -0.25) is 19.4 Å². The maximum atomic E-state index is 12.3. The van der Waals surface area contributed by atoms with Crippen molar-refractivity contribution in [2.24, 2.45) is 4.99 Å². The minimum absolute atomic E-state index is 0.0672. The second-order valence-electron chi connectivity index (χ2n) is 6.25. The largest absolute Gasteiger partial charge is 0.458 e. The van der Waals surface area contributed by atoms with Gasteiger partial charge in [0.2, 0.25) is 5.91 Å². The average molecular weight is 437 g/mol. The first-order valence-corrected chi connectivity index (χ1v) is 11.2. The molecule has 1 aliphatic heterocycles. The van der Waals surface area contributed by atoms with Crippen molar-refractivity contribution in [1.82, 2.24) is 9.71 Å². The third-order valence-electron chi connectivity index (χ3n) is 4.16. The molecule has 1 N–H and O–H groups in total. The number of nitrogens with one attached hydrogen (secondary N) is 1.